The molecule has 1 fully saturated rings. The molecule has 5 nitrogen and oxygen atoms in total. The predicted octanol–water partition coefficient (Wildman–Crippen LogP) is 2.47. The van der Waals surface area contributed by atoms with Crippen molar-refractivity contribution in [1.82, 2.24) is 0 Å². The highest BCUT2D eigenvalue weighted by atomic mass is 32.2. The zero-order valence-electron chi connectivity index (χ0n) is 12.6. The van der Waals surface area contributed by atoms with Crippen LogP contribution in [-0.2, 0) is 26.4 Å². The topological polar surface area (TPSA) is 88.5 Å². The monoisotopic (exact) mass is 346 g/mol. The molecule has 0 unspecified atom stereocenters. The van der Waals surface area contributed by atoms with Crippen LogP contribution in [0, 0.1) is 5.92 Å². The van der Waals surface area contributed by atoms with Crippen molar-refractivity contribution in [3.05, 3.63) is 29.8 Å². The van der Waals surface area contributed by atoms with E-state index in [4.69, 9.17) is 4.55 Å². The van der Waals surface area contributed by atoms with E-state index in [2.05, 4.69) is 0 Å². The fourth-order valence-corrected chi connectivity index (χ4v) is 4.66. The van der Waals surface area contributed by atoms with Crippen LogP contribution in [0.5, 0.6) is 0 Å². The van der Waals surface area contributed by atoms with Crippen LogP contribution < -0.4 is 0 Å². The van der Waals surface area contributed by atoms with Gasteiger partial charge in [0.1, 0.15) is 9.84 Å². The van der Waals surface area contributed by atoms with E-state index < -0.39 is 20.0 Å². The smallest absolute Gasteiger partial charge is 0.282 e. The van der Waals surface area contributed by atoms with Gasteiger partial charge < -0.3 is 0 Å². The van der Waals surface area contributed by atoms with Crippen molar-refractivity contribution < 1.29 is 21.4 Å². The molecule has 0 bridgehead atoms. The van der Waals surface area contributed by atoms with E-state index >= 15 is 0 Å². The molecule has 7 heteroatoms. The first-order valence-corrected chi connectivity index (χ1v) is 10.8. The lowest BCUT2D eigenvalue weighted by atomic mass is 9.85. The number of hydrogen-bond acceptors (Lipinski definition) is 4. The lowest BCUT2D eigenvalue weighted by Gasteiger charge is -2.27. The number of hydrogen-bond donors (Lipinski definition) is 1. The van der Waals surface area contributed by atoms with Crippen LogP contribution in [0.1, 0.15) is 37.7 Å². The molecule has 0 amide bonds. The fraction of sp³-hybridized carbons (Fsp3) is 0.600. The van der Waals surface area contributed by atoms with Crippen molar-refractivity contribution in [1.29, 1.82) is 0 Å². The Hall–Kier alpha value is -0.920. The lowest BCUT2D eigenvalue weighted by Crippen LogP contribution is -2.26. The molecule has 1 aliphatic rings. The van der Waals surface area contributed by atoms with Gasteiger partial charge in [0.25, 0.3) is 10.1 Å². The van der Waals surface area contributed by atoms with Gasteiger partial charge in [-0.25, -0.2) is 8.42 Å². The van der Waals surface area contributed by atoms with Crippen LogP contribution in [0.4, 0.5) is 0 Å². The molecular formula is C15H22O5S2. The second-order valence-electron chi connectivity index (χ2n) is 6.13. The third-order valence-corrected chi connectivity index (χ3v) is 7.01. The molecule has 2 rings (SSSR count). The van der Waals surface area contributed by atoms with E-state index in [1.54, 1.807) is 12.1 Å². The molecule has 0 atom stereocenters. The Balaban J connectivity index is 1.85. The van der Waals surface area contributed by atoms with Crippen LogP contribution in [0.25, 0.3) is 0 Å². The molecule has 1 aromatic carbocycles. The average molecular weight is 346 g/mol. The Morgan fingerprint density at radius 1 is 1.00 bits per heavy atom. The van der Waals surface area contributed by atoms with Crippen LogP contribution in [0.15, 0.2) is 29.2 Å². The van der Waals surface area contributed by atoms with Crippen molar-refractivity contribution >= 4 is 20.0 Å². The number of sulfone groups is 1. The highest BCUT2D eigenvalue weighted by Gasteiger charge is 2.27. The minimum absolute atomic E-state index is 0.0927. The summed E-state index contributed by atoms with van der Waals surface area (Å²) < 4.78 is 53.9. The third-order valence-electron chi connectivity index (χ3n) is 4.46. The van der Waals surface area contributed by atoms with Gasteiger partial charge in [-0.2, -0.15) is 8.42 Å². The maximum absolute atomic E-state index is 11.5. The molecular weight excluding hydrogens is 324 g/mol. The fourth-order valence-electron chi connectivity index (χ4n) is 3.05. The Kier molecular flexibility index (Phi) is 5.29. The Labute approximate surface area is 132 Å². The summed E-state index contributed by atoms with van der Waals surface area (Å²) in [7, 11) is -7.05. The quantitative estimate of drug-likeness (QED) is 0.827. The van der Waals surface area contributed by atoms with Crippen LogP contribution in [0.3, 0.4) is 0 Å². The first-order chi connectivity index (χ1) is 10.2. The largest absolute Gasteiger partial charge is 0.294 e. The number of benzene rings is 1. The molecule has 0 aromatic heterocycles. The molecule has 0 radical (unpaired) electrons. The predicted molar refractivity (Wildman–Crippen MR) is 85.2 cm³/mol. The molecule has 22 heavy (non-hydrogen) atoms. The van der Waals surface area contributed by atoms with Gasteiger partial charge in [0, 0.05) is 6.26 Å². The maximum Gasteiger partial charge on any atom is 0.294 e. The van der Waals surface area contributed by atoms with Crippen LogP contribution in [0.2, 0.25) is 0 Å². The van der Waals surface area contributed by atoms with Gasteiger partial charge >= 0.3 is 0 Å². The Bertz CT molecular complexity index is 697. The zero-order chi connectivity index (χ0) is 16.4. The van der Waals surface area contributed by atoms with Gasteiger partial charge in [-0.15, -0.1) is 0 Å². The second kappa shape index (κ2) is 6.68. The minimum atomic E-state index is -4.13. The molecule has 1 aromatic rings. The molecule has 124 valence electrons. The highest BCUT2D eigenvalue weighted by Crippen LogP contribution is 2.31. The number of rotatable bonds is 5. The Morgan fingerprint density at radius 2 is 1.55 bits per heavy atom. The van der Waals surface area contributed by atoms with E-state index in [-0.39, 0.29) is 10.1 Å². The molecule has 0 aliphatic heterocycles. The van der Waals surface area contributed by atoms with E-state index in [9.17, 15) is 16.8 Å². The van der Waals surface area contributed by atoms with Gasteiger partial charge in [0.05, 0.1) is 10.1 Å². The normalized spacial score (nSPS) is 23.4. The first kappa shape index (κ1) is 17.4. The van der Waals surface area contributed by atoms with Crippen molar-refractivity contribution in [2.45, 2.75) is 48.7 Å². The summed E-state index contributed by atoms with van der Waals surface area (Å²) in [5, 5.41) is -0.183. The van der Waals surface area contributed by atoms with Crippen molar-refractivity contribution in [3.8, 4) is 0 Å². The summed E-state index contributed by atoms with van der Waals surface area (Å²) in [4.78, 5) is -0.0927. The van der Waals surface area contributed by atoms with Gasteiger partial charge in [-0.3, -0.25) is 4.55 Å². The average Bonchev–Trinajstić information content (AvgIpc) is 2.44. The Morgan fingerprint density at radius 3 is 2.00 bits per heavy atom. The maximum atomic E-state index is 11.5. The van der Waals surface area contributed by atoms with E-state index in [1.165, 1.54) is 18.4 Å². The summed E-state index contributed by atoms with van der Waals surface area (Å²) in [6.07, 6.45) is 6.47. The lowest BCUT2D eigenvalue weighted by molar-refractivity contribution is 0.339. The van der Waals surface area contributed by atoms with E-state index in [1.807, 2.05) is 0 Å². The summed E-state index contributed by atoms with van der Waals surface area (Å²) in [6, 6.07) is 6.24. The highest BCUT2D eigenvalue weighted by molar-refractivity contribution is 7.91. The summed E-state index contributed by atoms with van der Waals surface area (Å²) in [5.41, 5.74) is 1.03. The second-order valence-corrected chi connectivity index (χ2v) is 9.88. The summed E-state index contributed by atoms with van der Waals surface area (Å²) >= 11 is 0. The molecule has 1 aliphatic carbocycles. The van der Waals surface area contributed by atoms with Gasteiger partial charge in [0.15, 0.2) is 0 Å². The van der Waals surface area contributed by atoms with Gasteiger partial charge in [-0.05, 0) is 62.1 Å². The summed E-state index contributed by atoms with van der Waals surface area (Å²) in [5.74, 6) is 0.527. The molecule has 0 saturated heterocycles. The SMILES string of the molecule is CS(=O)(=O)C1CCC(CCc2ccc(S(=O)(=O)O)cc2)CC1. The summed E-state index contributed by atoms with van der Waals surface area (Å²) in [6.45, 7) is 0. The van der Waals surface area contributed by atoms with Crippen LogP contribution in [-0.4, -0.2) is 32.9 Å². The number of aryl methyl sites for hydroxylation is 1. The van der Waals surface area contributed by atoms with Crippen LogP contribution >= 0.6 is 0 Å². The minimum Gasteiger partial charge on any atom is -0.282 e. The molecule has 1 N–H and O–H groups in total. The molecule has 0 heterocycles. The van der Waals surface area contributed by atoms with Crippen molar-refractivity contribution in [2.24, 2.45) is 5.92 Å². The third kappa shape index (κ3) is 4.79. The van der Waals surface area contributed by atoms with E-state index in [0.717, 1.165) is 44.1 Å². The zero-order valence-corrected chi connectivity index (χ0v) is 14.2. The van der Waals surface area contributed by atoms with Gasteiger partial charge in [0.2, 0.25) is 0 Å². The standard InChI is InChI=1S/C15H22O5S2/c1-21(16,17)14-8-4-12(5-9-14)2-3-13-6-10-15(11-7-13)22(18,19)20/h6-7,10-12,14H,2-5,8-9H2,1H3,(H,18,19,20). The van der Waals surface area contributed by atoms with E-state index in [0.29, 0.717) is 5.92 Å². The first-order valence-electron chi connectivity index (χ1n) is 7.41. The molecule has 0 spiro atoms. The molecule has 1 saturated carbocycles. The van der Waals surface area contributed by atoms with Crippen molar-refractivity contribution in [2.75, 3.05) is 6.26 Å². The van der Waals surface area contributed by atoms with Crippen molar-refractivity contribution in [3.63, 3.8) is 0 Å². The van der Waals surface area contributed by atoms with Gasteiger partial charge in [-0.1, -0.05) is 12.1 Å².